The summed E-state index contributed by atoms with van der Waals surface area (Å²) in [6, 6.07) is 2.87. The molecule has 0 spiro atoms. The van der Waals surface area contributed by atoms with Crippen molar-refractivity contribution in [1.82, 2.24) is 5.32 Å². The van der Waals surface area contributed by atoms with Crippen molar-refractivity contribution in [2.45, 2.75) is 19.4 Å². The van der Waals surface area contributed by atoms with Gasteiger partial charge in [-0.2, -0.15) is 0 Å². The minimum atomic E-state index is -2.85. The summed E-state index contributed by atoms with van der Waals surface area (Å²) < 4.78 is 31.9. The van der Waals surface area contributed by atoms with Crippen LogP contribution in [0.15, 0.2) is 18.2 Å². The Kier molecular flexibility index (Phi) is 6.58. The first-order valence-electron chi connectivity index (χ1n) is 7.91. The summed E-state index contributed by atoms with van der Waals surface area (Å²) >= 11 is 0. The van der Waals surface area contributed by atoms with Gasteiger partial charge < -0.3 is 26.0 Å². The van der Waals surface area contributed by atoms with Crippen molar-refractivity contribution < 1.29 is 27.9 Å². The molecule has 0 radical (unpaired) electrons. The van der Waals surface area contributed by atoms with Gasteiger partial charge >= 0.3 is 0 Å². The van der Waals surface area contributed by atoms with Crippen molar-refractivity contribution in [3.63, 3.8) is 0 Å². The average Bonchev–Trinajstić information content (AvgIpc) is 2.60. The fourth-order valence-corrected chi connectivity index (χ4v) is 2.53. The van der Waals surface area contributed by atoms with E-state index >= 15 is 0 Å². The van der Waals surface area contributed by atoms with Gasteiger partial charge in [-0.1, -0.05) is 0 Å². The number of nitrogens with two attached hydrogens (primary N) is 1. The summed E-state index contributed by atoms with van der Waals surface area (Å²) in [4.78, 5) is 36.3. The second-order valence-corrected chi connectivity index (χ2v) is 5.65. The normalized spacial score (nSPS) is 15.7. The van der Waals surface area contributed by atoms with Gasteiger partial charge in [-0.25, -0.2) is 8.78 Å². The van der Waals surface area contributed by atoms with Crippen LogP contribution in [0.25, 0.3) is 0 Å². The first-order valence-corrected chi connectivity index (χ1v) is 7.91. The van der Waals surface area contributed by atoms with Crippen LogP contribution in [0.3, 0.4) is 0 Å². The van der Waals surface area contributed by atoms with E-state index in [0.29, 0.717) is 0 Å². The molecule has 1 heterocycles. The predicted octanol–water partition coefficient (Wildman–Crippen LogP) is 0.389. The lowest BCUT2D eigenvalue weighted by molar-refractivity contribution is -0.125. The molecular weight excluding hydrogens is 350 g/mol. The summed E-state index contributed by atoms with van der Waals surface area (Å²) in [5.41, 5.74) is 5.23. The number of hydrogen-bond acceptors (Lipinski definition) is 5. The molecule has 26 heavy (non-hydrogen) atoms. The molecule has 1 saturated heterocycles. The number of carbonyl (C=O) groups excluding carboxylic acids is 3. The summed E-state index contributed by atoms with van der Waals surface area (Å²) in [7, 11) is 0. The van der Waals surface area contributed by atoms with Crippen molar-refractivity contribution in [3.8, 4) is 0 Å². The Hall–Kier alpha value is -2.59. The van der Waals surface area contributed by atoms with Gasteiger partial charge in [0.1, 0.15) is 12.6 Å². The molecule has 0 bridgehead atoms. The third kappa shape index (κ3) is 4.73. The van der Waals surface area contributed by atoms with Gasteiger partial charge in [0.2, 0.25) is 11.8 Å². The number of benzene rings is 1. The minimum Gasteiger partial charge on any atom is -0.370 e. The van der Waals surface area contributed by atoms with Crippen molar-refractivity contribution in [2.75, 3.05) is 36.5 Å². The summed E-state index contributed by atoms with van der Waals surface area (Å²) in [5, 5.41) is 4.80. The van der Waals surface area contributed by atoms with Crippen LogP contribution in [0.1, 0.15) is 18.9 Å². The van der Waals surface area contributed by atoms with E-state index in [1.165, 1.54) is 24.0 Å². The number of morpholine rings is 1. The van der Waals surface area contributed by atoms with E-state index in [2.05, 4.69) is 10.6 Å². The zero-order valence-corrected chi connectivity index (χ0v) is 14.1. The SMILES string of the molecule is CC(=O)N[C@@H](CN)C(=O)Nc1ccc(N2CCOCC2=O)c(C(F)F)c1. The van der Waals surface area contributed by atoms with Crippen molar-refractivity contribution in [1.29, 1.82) is 0 Å². The van der Waals surface area contributed by atoms with Crippen LogP contribution in [-0.4, -0.2) is 50.1 Å². The second-order valence-electron chi connectivity index (χ2n) is 5.65. The first-order chi connectivity index (χ1) is 12.3. The number of carbonyl (C=O) groups is 3. The Labute approximate surface area is 148 Å². The number of alkyl halides is 2. The molecule has 8 nitrogen and oxygen atoms in total. The molecule has 1 aliphatic heterocycles. The Morgan fingerprint density at radius 2 is 2.12 bits per heavy atom. The Balaban J connectivity index is 2.23. The molecule has 1 aromatic carbocycles. The molecule has 142 valence electrons. The number of amides is 3. The topological polar surface area (TPSA) is 114 Å². The Bertz CT molecular complexity index is 699. The highest BCUT2D eigenvalue weighted by Gasteiger charge is 2.26. The Morgan fingerprint density at radius 1 is 1.38 bits per heavy atom. The lowest BCUT2D eigenvalue weighted by Crippen LogP contribution is -2.47. The van der Waals surface area contributed by atoms with E-state index in [1.807, 2.05) is 0 Å². The highest BCUT2D eigenvalue weighted by atomic mass is 19.3. The Morgan fingerprint density at radius 3 is 2.69 bits per heavy atom. The maximum absolute atomic E-state index is 13.5. The predicted molar refractivity (Wildman–Crippen MR) is 89.9 cm³/mol. The summed E-state index contributed by atoms with van der Waals surface area (Å²) in [5.74, 6) is -1.48. The van der Waals surface area contributed by atoms with Crippen molar-refractivity contribution in [3.05, 3.63) is 23.8 Å². The van der Waals surface area contributed by atoms with Crippen LogP contribution in [0.2, 0.25) is 0 Å². The van der Waals surface area contributed by atoms with Crippen LogP contribution >= 0.6 is 0 Å². The zero-order chi connectivity index (χ0) is 19.3. The highest BCUT2D eigenvalue weighted by Crippen LogP contribution is 2.33. The standard InChI is InChI=1S/C16H20F2N4O4/c1-9(23)20-12(7-19)16(25)21-10-2-3-13(11(6-10)15(17)18)22-4-5-26-8-14(22)24/h2-3,6,12,15H,4-5,7-8,19H2,1H3,(H,20,23)(H,21,25)/t12-/m0/s1. The van der Waals surface area contributed by atoms with E-state index in [4.69, 9.17) is 10.5 Å². The maximum Gasteiger partial charge on any atom is 0.265 e. The van der Waals surface area contributed by atoms with Gasteiger partial charge in [0.05, 0.1) is 12.3 Å². The van der Waals surface area contributed by atoms with Crippen molar-refractivity contribution in [2.24, 2.45) is 5.73 Å². The smallest absolute Gasteiger partial charge is 0.265 e. The first kappa shape index (κ1) is 19.7. The molecule has 0 unspecified atom stereocenters. The largest absolute Gasteiger partial charge is 0.370 e. The number of nitrogens with one attached hydrogen (secondary N) is 2. The van der Waals surface area contributed by atoms with Crippen LogP contribution in [0.5, 0.6) is 0 Å². The van der Waals surface area contributed by atoms with E-state index in [9.17, 15) is 23.2 Å². The van der Waals surface area contributed by atoms with Crippen LogP contribution in [0, 0.1) is 0 Å². The van der Waals surface area contributed by atoms with Gasteiger partial charge in [-0.15, -0.1) is 0 Å². The monoisotopic (exact) mass is 370 g/mol. The third-order valence-corrected chi connectivity index (χ3v) is 3.74. The number of halogens is 2. The molecule has 2 rings (SSSR count). The molecule has 3 amide bonds. The van der Waals surface area contributed by atoms with Gasteiger partial charge in [0.15, 0.2) is 0 Å². The maximum atomic E-state index is 13.5. The number of hydrogen-bond donors (Lipinski definition) is 3. The van der Waals surface area contributed by atoms with Crippen LogP contribution < -0.4 is 21.3 Å². The molecule has 1 fully saturated rings. The molecule has 0 aromatic heterocycles. The van der Waals surface area contributed by atoms with Crippen LogP contribution in [-0.2, 0) is 19.1 Å². The lowest BCUT2D eigenvalue weighted by atomic mass is 10.1. The second kappa shape index (κ2) is 8.68. The van der Waals surface area contributed by atoms with E-state index in [-0.39, 0.29) is 43.2 Å². The molecule has 1 aromatic rings. The van der Waals surface area contributed by atoms with Gasteiger partial charge in [0, 0.05) is 31.3 Å². The number of ether oxygens (including phenoxy) is 1. The molecular formula is C16H20F2N4O4. The fraction of sp³-hybridized carbons (Fsp3) is 0.438. The van der Waals surface area contributed by atoms with E-state index < -0.39 is 30.2 Å². The molecule has 10 heteroatoms. The third-order valence-electron chi connectivity index (χ3n) is 3.74. The van der Waals surface area contributed by atoms with E-state index in [1.54, 1.807) is 0 Å². The molecule has 0 aliphatic carbocycles. The number of anilines is 2. The number of rotatable bonds is 6. The highest BCUT2D eigenvalue weighted by molar-refractivity contribution is 5.98. The zero-order valence-electron chi connectivity index (χ0n) is 14.1. The molecule has 4 N–H and O–H groups in total. The van der Waals surface area contributed by atoms with Gasteiger partial charge in [0.25, 0.3) is 12.3 Å². The molecule has 1 aliphatic rings. The minimum absolute atomic E-state index is 0.0727. The van der Waals surface area contributed by atoms with Crippen molar-refractivity contribution >= 4 is 29.1 Å². The molecule has 0 saturated carbocycles. The van der Waals surface area contributed by atoms with Gasteiger partial charge in [-0.05, 0) is 18.2 Å². The summed E-state index contributed by atoms with van der Waals surface area (Å²) in [6.45, 7) is 1.34. The van der Waals surface area contributed by atoms with Gasteiger partial charge in [-0.3, -0.25) is 14.4 Å². The van der Waals surface area contributed by atoms with Crippen LogP contribution in [0.4, 0.5) is 20.2 Å². The average molecular weight is 370 g/mol. The van der Waals surface area contributed by atoms with E-state index in [0.717, 1.165) is 6.07 Å². The quantitative estimate of drug-likeness (QED) is 0.670. The molecule has 1 atom stereocenters. The summed E-state index contributed by atoms with van der Waals surface area (Å²) in [6.07, 6.45) is -2.85. The lowest BCUT2D eigenvalue weighted by Gasteiger charge is -2.29. The number of nitrogens with zero attached hydrogens (tertiary/aromatic N) is 1. The fourth-order valence-electron chi connectivity index (χ4n) is 2.53.